The maximum atomic E-state index is 11.5. The Hall–Kier alpha value is -0.180. The minimum absolute atomic E-state index is 0.243. The smallest absolute Gasteiger partial charge is 0.222 e. The van der Waals surface area contributed by atoms with Crippen molar-refractivity contribution in [1.29, 1.82) is 0 Å². The first-order valence-corrected chi connectivity index (χ1v) is 5.54. The molecule has 0 aromatic carbocycles. The Morgan fingerprint density at radius 3 is 2.67 bits per heavy atom. The van der Waals surface area contributed by atoms with Crippen molar-refractivity contribution in [1.82, 2.24) is 4.90 Å². The number of thioether (sulfide) groups is 1. The van der Waals surface area contributed by atoms with E-state index >= 15 is 0 Å². The summed E-state index contributed by atoms with van der Waals surface area (Å²) in [5.74, 6) is 2.71. The quantitative estimate of drug-likeness (QED) is 0.650. The summed E-state index contributed by atoms with van der Waals surface area (Å²) >= 11 is 1.93. The third-order valence-corrected chi connectivity index (χ3v) is 2.83. The van der Waals surface area contributed by atoms with Crippen molar-refractivity contribution in [2.75, 3.05) is 24.6 Å². The van der Waals surface area contributed by atoms with E-state index in [4.69, 9.17) is 0 Å². The highest BCUT2D eigenvalue weighted by molar-refractivity contribution is 7.99. The van der Waals surface area contributed by atoms with E-state index in [1.807, 2.05) is 23.6 Å². The molecule has 0 spiro atoms. The minimum Gasteiger partial charge on any atom is -0.341 e. The van der Waals surface area contributed by atoms with Crippen LogP contribution in [0.15, 0.2) is 0 Å². The first-order valence-electron chi connectivity index (χ1n) is 4.38. The zero-order valence-electron chi connectivity index (χ0n) is 7.58. The Bertz CT molecular complexity index is 153. The summed E-state index contributed by atoms with van der Waals surface area (Å²) in [5.41, 5.74) is 0. The van der Waals surface area contributed by atoms with Crippen LogP contribution in [0.1, 0.15) is 13.3 Å². The topological polar surface area (TPSA) is 20.3 Å². The normalized spacial score (nSPS) is 18.4. The summed E-state index contributed by atoms with van der Waals surface area (Å²) in [4.78, 5) is 13.4. The fourth-order valence-corrected chi connectivity index (χ4v) is 2.14. The summed E-state index contributed by atoms with van der Waals surface area (Å²) < 4.78 is 0. The highest BCUT2D eigenvalue weighted by atomic mass is 32.2. The fourth-order valence-electron chi connectivity index (χ4n) is 1.24. The van der Waals surface area contributed by atoms with Gasteiger partial charge in [0.1, 0.15) is 0 Å². The Labute approximate surface area is 78.7 Å². The zero-order chi connectivity index (χ0) is 8.97. The molecule has 0 aromatic heterocycles. The summed E-state index contributed by atoms with van der Waals surface area (Å²) in [5, 5.41) is 0. The second kappa shape index (κ2) is 4.75. The molecule has 0 aliphatic carbocycles. The third-order valence-electron chi connectivity index (χ3n) is 1.89. The second-order valence-corrected chi connectivity index (χ2v) is 4.53. The molecule has 0 N–H and O–H groups in total. The molecule has 1 aliphatic rings. The van der Waals surface area contributed by atoms with Crippen LogP contribution in [0.25, 0.3) is 0 Å². The van der Waals surface area contributed by atoms with Crippen LogP contribution in [0.4, 0.5) is 0 Å². The van der Waals surface area contributed by atoms with Crippen LogP contribution in [-0.4, -0.2) is 35.4 Å². The fraction of sp³-hybridized carbons (Fsp3) is 0.778. The molecule has 2 nitrogen and oxygen atoms in total. The van der Waals surface area contributed by atoms with Gasteiger partial charge in [0.2, 0.25) is 5.91 Å². The van der Waals surface area contributed by atoms with Crippen molar-refractivity contribution >= 4 is 17.7 Å². The first-order chi connectivity index (χ1) is 5.70. The Balaban J connectivity index is 2.30. The highest BCUT2D eigenvalue weighted by Gasteiger charge is 2.16. The van der Waals surface area contributed by atoms with Crippen molar-refractivity contribution in [3.05, 3.63) is 6.92 Å². The van der Waals surface area contributed by atoms with E-state index in [1.54, 1.807) is 0 Å². The van der Waals surface area contributed by atoms with Gasteiger partial charge in [0, 0.05) is 31.0 Å². The van der Waals surface area contributed by atoms with Gasteiger partial charge in [0.05, 0.1) is 0 Å². The van der Waals surface area contributed by atoms with Crippen molar-refractivity contribution in [2.45, 2.75) is 13.3 Å². The Kier molecular flexibility index (Phi) is 3.92. The standard InChI is InChI=1S/C9H16NOS/c1-8(2)7-9(11)10-3-5-12-6-4-10/h8H,1,3-7H2,2H3. The first kappa shape index (κ1) is 9.90. The van der Waals surface area contributed by atoms with Crippen LogP contribution in [-0.2, 0) is 4.79 Å². The van der Waals surface area contributed by atoms with Crippen molar-refractivity contribution in [3.63, 3.8) is 0 Å². The predicted octanol–water partition coefficient (Wildman–Crippen LogP) is 1.42. The van der Waals surface area contributed by atoms with Gasteiger partial charge in [-0.3, -0.25) is 4.79 Å². The molecule has 1 radical (unpaired) electrons. The molecule has 0 aromatic rings. The minimum atomic E-state index is 0.243. The molecule has 1 amide bonds. The van der Waals surface area contributed by atoms with Gasteiger partial charge in [-0.2, -0.15) is 11.8 Å². The van der Waals surface area contributed by atoms with Gasteiger partial charge in [0.25, 0.3) is 0 Å². The summed E-state index contributed by atoms with van der Waals surface area (Å²) in [6.45, 7) is 7.66. The predicted molar refractivity (Wildman–Crippen MR) is 53.0 cm³/mol. The Morgan fingerprint density at radius 2 is 2.17 bits per heavy atom. The molecule has 1 unspecified atom stereocenters. The van der Waals surface area contributed by atoms with Crippen LogP contribution in [0.5, 0.6) is 0 Å². The van der Waals surface area contributed by atoms with Gasteiger partial charge >= 0.3 is 0 Å². The van der Waals surface area contributed by atoms with Crippen LogP contribution >= 0.6 is 11.8 Å². The van der Waals surface area contributed by atoms with Gasteiger partial charge in [-0.25, -0.2) is 0 Å². The molecular weight excluding hydrogens is 170 g/mol. The highest BCUT2D eigenvalue weighted by Crippen LogP contribution is 2.11. The number of carbonyl (C=O) groups excluding carboxylic acids is 1. The lowest BCUT2D eigenvalue weighted by molar-refractivity contribution is -0.131. The number of nitrogens with zero attached hydrogens (tertiary/aromatic N) is 1. The van der Waals surface area contributed by atoms with Gasteiger partial charge in [0.15, 0.2) is 0 Å². The Morgan fingerprint density at radius 1 is 1.58 bits per heavy atom. The number of amides is 1. The number of carbonyl (C=O) groups is 1. The lowest BCUT2D eigenvalue weighted by Gasteiger charge is -2.27. The summed E-state index contributed by atoms with van der Waals surface area (Å²) in [6.07, 6.45) is 0.602. The van der Waals surface area contributed by atoms with Crippen molar-refractivity contribution in [2.24, 2.45) is 5.92 Å². The van der Waals surface area contributed by atoms with E-state index in [9.17, 15) is 4.79 Å². The van der Waals surface area contributed by atoms with Gasteiger partial charge in [-0.15, -0.1) is 0 Å². The molecule has 12 heavy (non-hydrogen) atoms. The average Bonchev–Trinajstić information content (AvgIpc) is 2.05. The number of hydrogen-bond acceptors (Lipinski definition) is 2. The molecular formula is C9H16NOS. The lowest BCUT2D eigenvalue weighted by Crippen LogP contribution is -2.38. The molecule has 1 rings (SSSR count). The van der Waals surface area contributed by atoms with Crippen LogP contribution in [0, 0.1) is 12.8 Å². The van der Waals surface area contributed by atoms with Crippen molar-refractivity contribution < 1.29 is 4.79 Å². The molecule has 1 heterocycles. The SMILES string of the molecule is [CH2]C(C)CC(=O)N1CCSCC1. The molecule has 69 valence electrons. The lowest BCUT2D eigenvalue weighted by atomic mass is 10.1. The average molecular weight is 186 g/mol. The van der Waals surface area contributed by atoms with E-state index in [-0.39, 0.29) is 11.8 Å². The molecule has 1 saturated heterocycles. The number of rotatable bonds is 2. The summed E-state index contributed by atoms with van der Waals surface area (Å²) in [6, 6.07) is 0. The van der Waals surface area contributed by atoms with E-state index in [2.05, 4.69) is 6.92 Å². The van der Waals surface area contributed by atoms with Gasteiger partial charge < -0.3 is 4.90 Å². The van der Waals surface area contributed by atoms with Crippen LogP contribution in [0.2, 0.25) is 0 Å². The molecule has 0 bridgehead atoms. The van der Waals surface area contributed by atoms with E-state index in [0.29, 0.717) is 6.42 Å². The van der Waals surface area contributed by atoms with E-state index < -0.39 is 0 Å². The van der Waals surface area contributed by atoms with Crippen LogP contribution in [0.3, 0.4) is 0 Å². The maximum Gasteiger partial charge on any atom is 0.222 e. The second-order valence-electron chi connectivity index (χ2n) is 3.30. The third kappa shape index (κ3) is 3.05. The van der Waals surface area contributed by atoms with Gasteiger partial charge in [-0.1, -0.05) is 6.92 Å². The molecule has 0 saturated carbocycles. The van der Waals surface area contributed by atoms with Crippen LogP contribution < -0.4 is 0 Å². The summed E-state index contributed by atoms with van der Waals surface area (Å²) in [7, 11) is 0. The zero-order valence-corrected chi connectivity index (χ0v) is 8.40. The molecule has 1 aliphatic heterocycles. The molecule has 1 atom stereocenters. The maximum absolute atomic E-state index is 11.5. The molecule has 3 heteroatoms. The number of hydrogen-bond donors (Lipinski definition) is 0. The monoisotopic (exact) mass is 186 g/mol. The van der Waals surface area contributed by atoms with Gasteiger partial charge in [-0.05, 0) is 12.8 Å². The largest absolute Gasteiger partial charge is 0.341 e. The molecule has 1 fully saturated rings. The van der Waals surface area contributed by atoms with Crippen molar-refractivity contribution in [3.8, 4) is 0 Å². The van der Waals surface area contributed by atoms with E-state index in [1.165, 1.54) is 0 Å². The van der Waals surface area contributed by atoms with E-state index in [0.717, 1.165) is 24.6 Å².